The van der Waals surface area contributed by atoms with Gasteiger partial charge < -0.3 is 14.4 Å². The van der Waals surface area contributed by atoms with Crippen LogP contribution in [-0.2, 0) is 0 Å². The van der Waals surface area contributed by atoms with Crippen LogP contribution >= 0.6 is 0 Å². The van der Waals surface area contributed by atoms with E-state index in [1.807, 2.05) is 0 Å². The molecule has 0 aliphatic carbocycles. The molecular formula is C58H41N3. The Morgan fingerprint density at radius 3 is 1.28 bits per heavy atom. The highest BCUT2D eigenvalue weighted by Crippen LogP contribution is 2.44. The predicted octanol–water partition coefficient (Wildman–Crippen LogP) is 16.2. The van der Waals surface area contributed by atoms with Gasteiger partial charge in [-0.3, -0.25) is 0 Å². The van der Waals surface area contributed by atoms with Crippen LogP contribution in [0.5, 0.6) is 0 Å². The van der Waals surface area contributed by atoms with Gasteiger partial charge in [0.2, 0.25) is 0 Å². The number of aromatic nitrogens is 1. The molecule has 0 saturated carbocycles. The van der Waals surface area contributed by atoms with E-state index in [0.29, 0.717) is 0 Å². The number of hydrogen-bond donors (Lipinski definition) is 0. The fourth-order valence-corrected chi connectivity index (χ4v) is 8.69. The molecule has 0 amide bonds. The van der Waals surface area contributed by atoms with Crippen molar-refractivity contribution in [3.8, 4) is 27.9 Å². The highest BCUT2D eigenvalue weighted by Gasteiger charge is 2.20. The third kappa shape index (κ3) is 6.98. The molecule has 0 saturated heterocycles. The Morgan fingerprint density at radius 2 is 0.721 bits per heavy atom. The van der Waals surface area contributed by atoms with Gasteiger partial charge in [0, 0.05) is 51.4 Å². The van der Waals surface area contributed by atoms with Crippen LogP contribution in [0.15, 0.2) is 249 Å². The highest BCUT2D eigenvalue weighted by atomic mass is 15.2. The first kappa shape index (κ1) is 36.0. The minimum Gasteiger partial charge on any atom is -0.317 e. The molecular weight excluding hydrogens is 739 g/mol. The first-order chi connectivity index (χ1) is 30.2. The Morgan fingerprint density at radius 1 is 0.246 bits per heavy atom. The van der Waals surface area contributed by atoms with Gasteiger partial charge in [-0.1, -0.05) is 146 Å². The topological polar surface area (TPSA) is 11.4 Å². The molecule has 3 heteroatoms. The van der Waals surface area contributed by atoms with Crippen molar-refractivity contribution in [3.05, 3.63) is 249 Å². The van der Waals surface area contributed by atoms with Crippen LogP contribution in [0, 0.1) is 0 Å². The summed E-state index contributed by atoms with van der Waals surface area (Å²) in [4.78, 5) is 4.77. The van der Waals surface area contributed by atoms with Gasteiger partial charge in [0.15, 0.2) is 0 Å². The molecule has 0 bridgehead atoms. The van der Waals surface area contributed by atoms with Crippen molar-refractivity contribution in [2.75, 3.05) is 9.80 Å². The molecule has 0 atom stereocenters. The number of hydrogen-bond acceptors (Lipinski definition) is 2. The summed E-state index contributed by atoms with van der Waals surface area (Å²) >= 11 is 0. The number of para-hydroxylation sites is 2. The second-order valence-electron chi connectivity index (χ2n) is 15.5. The minimum atomic E-state index is 1.06. The van der Waals surface area contributed by atoms with E-state index in [2.05, 4.69) is 263 Å². The van der Waals surface area contributed by atoms with Gasteiger partial charge in [-0.05, 0) is 141 Å². The second kappa shape index (κ2) is 15.6. The van der Waals surface area contributed by atoms with Gasteiger partial charge >= 0.3 is 0 Å². The van der Waals surface area contributed by atoms with E-state index in [1.165, 1.54) is 38.1 Å². The van der Waals surface area contributed by atoms with E-state index >= 15 is 0 Å². The van der Waals surface area contributed by atoms with E-state index in [9.17, 15) is 0 Å². The number of fused-ring (bicyclic) bond motifs is 3. The summed E-state index contributed by atoms with van der Waals surface area (Å²) < 4.78 is 2.28. The number of nitrogens with zero attached hydrogens (tertiary/aromatic N) is 3. The highest BCUT2D eigenvalue weighted by molar-refractivity contribution is 5.95. The third-order valence-electron chi connectivity index (χ3n) is 11.7. The molecule has 0 unspecified atom stereocenters. The van der Waals surface area contributed by atoms with Gasteiger partial charge in [-0.25, -0.2) is 0 Å². The molecule has 0 fully saturated rings. The van der Waals surface area contributed by atoms with Crippen molar-refractivity contribution in [3.63, 3.8) is 0 Å². The van der Waals surface area contributed by atoms with Crippen molar-refractivity contribution in [1.82, 2.24) is 4.57 Å². The molecule has 11 aromatic rings. The Bertz CT molecular complexity index is 3160. The monoisotopic (exact) mass is 779 g/mol. The van der Waals surface area contributed by atoms with Crippen molar-refractivity contribution < 1.29 is 0 Å². The lowest BCUT2D eigenvalue weighted by molar-refractivity contribution is 1.13. The lowest BCUT2D eigenvalue weighted by Gasteiger charge is -2.30. The van der Waals surface area contributed by atoms with Gasteiger partial charge in [-0.15, -0.1) is 0 Å². The van der Waals surface area contributed by atoms with E-state index in [0.717, 1.165) is 56.5 Å². The van der Waals surface area contributed by atoms with Crippen LogP contribution < -0.4 is 9.80 Å². The summed E-state index contributed by atoms with van der Waals surface area (Å²) in [6.07, 6.45) is 2.18. The molecule has 1 aromatic heterocycles. The van der Waals surface area contributed by atoms with E-state index in [-0.39, 0.29) is 0 Å². The fourth-order valence-electron chi connectivity index (χ4n) is 8.69. The van der Waals surface area contributed by atoms with Gasteiger partial charge in [0.25, 0.3) is 0 Å². The van der Waals surface area contributed by atoms with Crippen LogP contribution in [0.25, 0.3) is 60.4 Å². The number of benzene rings is 10. The van der Waals surface area contributed by atoms with E-state index in [1.54, 1.807) is 0 Å². The molecule has 0 N–H and O–H groups in total. The normalized spacial score (nSPS) is 11.3. The summed E-state index contributed by atoms with van der Waals surface area (Å²) in [6, 6.07) is 87.6. The van der Waals surface area contributed by atoms with Gasteiger partial charge in [-0.2, -0.15) is 0 Å². The molecule has 11 rings (SSSR count). The standard InChI is InChI=1S/C58H41N3/c1-4-14-42(15-5-1)45-24-29-51(30-25-45)59-35-34-49-36-48(28-33-58(49)59)50-39-56(60(52-20-6-2-7-21-52)54-31-26-43-16-10-12-18-46(43)37-54)41-57(40-50)61(53-22-8-3-9-23-53)55-32-27-44-17-11-13-19-47(44)38-55/h1-41H. The van der Waals surface area contributed by atoms with E-state index < -0.39 is 0 Å². The molecule has 3 nitrogen and oxygen atoms in total. The minimum absolute atomic E-state index is 1.06. The molecule has 288 valence electrons. The third-order valence-corrected chi connectivity index (χ3v) is 11.7. The maximum absolute atomic E-state index is 2.39. The molecule has 1 heterocycles. The zero-order valence-corrected chi connectivity index (χ0v) is 33.5. The van der Waals surface area contributed by atoms with Crippen molar-refractivity contribution in [2.45, 2.75) is 0 Å². The van der Waals surface area contributed by atoms with Crippen molar-refractivity contribution in [1.29, 1.82) is 0 Å². The zero-order valence-electron chi connectivity index (χ0n) is 33.5. The Kier molecular flexibility index (Phi) is 9.18. The molecule has 0 aliphatic rings. The Labute approximate surface area is 356 Å². The quantitative estimate of drug-likeness (QED) is 0.145. The van der Waals surface area contributed by atoms with Crippen LogP contribution in [0.3, 0.4) is 0 Å². The molecule has 10 aromatic carbocycles. The maximum Gasteiger partial charge on any atom is 0.0528 e. The largest absolute Gasteiger partial charge is 0.317 e. The van der Waals surface area contributed by atoms with Crippen LogP contribution in [0.2, 0.25) is 0 Å². The lowest BCUT2D eigenvalue weighted by Crippen LogP contribution is -2.13. The smallest absolute Gasteiger partial charge is 0.0528 e. The van der Waals surface area contributed by atoms with Crippen LogP contribution in [-0.4, -0.2) is 4.57 Å². The summed E-state index contributed by atoms with van der Waals surface area (Å²) in [6.45, 7) is 0. The molecule has 61 heavy (non-hydrogen) atoms. The van der Waals surface area contributed by atoms with Gasteiger partial charge in [0.05, 0.1) is 5.52 Å². The van der Waals surface area contributed by atoms with Crippen molar-refractivity contribution >= 4 is 66.6 Å². The molecule has 0 radical (unpaired) electrons. The first-order valence-corrected chi connectivity index (χ1v) is 20.8. The molecule has 0 spiro atoms. The van der Waals surface area contributed by atoms with E-state index in [4.69, 9.17) is 0 Å². The molecule has 0 aliphatic heterocycles. The first-order valence-electron chi connectivity index (χ1n) is 20.8. The predicted molar refractivity (Wildman–Crippen MR) is 259 cm³/mol. The summed E-state index contributed by atoms with van der Waals surface area (Å²) in [5, 5.41) is 6.01. The second-order valence-corrected chi connectivity index (χ2v) is 15.5. The number of anilines is 6. The summed E-state index contributed by atoms with van der Waals surface area (Å²) in [5.74, 6) is 0. The summed E-state index contributed by atoms with van der Waals surface area (Å²) in [5.41, 5.74) is 13.5. The average molecular weight is 780 g/mol. The Hall–Kier alpha value is -8.14. The number of rotatable bonds is 9. The maximum atomic E-state index is 2.39. The Balaban J connectivity index is 1.09. The zero-order chi connectivity index (χ0) is 40.5. The average Bonchev–Trinajstić information content (AvgIpc) is 3.76. The van der Waals surface area contributed by atoms with Crippen LogP contribution in [0.4, 0.5) is 34.1 Å². The fraction of sp³-hybridized carbons (Fsp3) is 0. The van der Waals surface area contributed by atoms with Crippen molar-refractivity contribution in [2.24, 2.45) is 0 Å². The lowest BCUT2D eigenvalue weighted by atomic mass is 10.00. The SMILES string of the molecule is c1ccc(-c2ccc(-n3ccc4cc(-c5cc(N(c6ccccc6)c6ccc7ccccc7c6)cc(N(c6ccccc6)c6ccc7ccccc7c6)c5)ccc43)cc2)cc1. The summed E-state index contributed by atoms with van der Waals surface area (Å²) in [7, 11) is 0. The van der Waals surface area contributed by atoms with Gasteiger partial charge in [0.1, 0.15) is 0 Å². The van der Waals surface area contributed by atoms with Crippen LogP contribution in [0.1, 0.15) is 0 Å².